The Kier molecular flexibility index (Phi) is 8.86. The van der Waals surface area contributed by atoms with Crippen molar-refractivity contribution in [2.45, 2.75) is 31.5 Å². The van der Waals surface area contributed by atoms with E-state index in [2.05, 4.69) is 0 Å². The second kappa shape index (κ2) is 10.7. The van der Waals surface area contributed by atoms with Crippen LogP contribution in [0.3, 0.4) is 0 Å². The summed E-state index contributed by atoms with van der Waals surface area (Å²) >= 11 is 18.3. The summed E-state index contributed by atoms with van der Waals surface area (Å²) in [6.45, 7) is 3.08. The van der Waals surface area contributed by atoms with Crippen LogP contribution >= 0.6 is 34.8 Å². The summed E-state index contributed by atoms with van der Waals surface area (Å²) in [5, 5.41) is 19.5. The molecule has 0 aliphatic carbocycles. The molecule has 29 heavy (non-hydrogen) atoms. The molecule has 0 saturated heterocycles. The fraction of sp³-hybridized carbons (Fsp3) is 0.429. The molecule has 2 atom stereocenters. The van der Waals surface area contributed by atoms with Crippen LogP contribution in [0, 0.1) is 0 Å². The van der Waals surface area contributed by atoms with Crippen LogP contribution in [0.5, 0.6) is 11.5 Å². The molecular formula is C21H24Cl3FO4. The number of alkyl halides is 2. The van der Waals surface area contributed by atoms with Crippen molar-refractivity contribution < 1.29 is 24.1 Å². The van der Waals surface area contributed by atoms with E-state index in [1.165, 1.54) is 0 Å². The topological polar surface area (TPSA) is 58.9 Å². The first-order chi connectivity index (χ1) is 13.7. The number of hydrogen-bond acceptors (Lipinski definition) is 4. The molecule has 0 bridgehead atoms. The normalized spacial score (nSPS) is 13.8. The Morgan fingerprint density at radius 1 is 0.931 bits per heavy atom. The average Bonchev–Trinajstić information content (AvgIpc) is 2.71. The van der Waals surface area contributed by atoms with E-state index in [-0.39, 0.29) is 19.1 Å². The first kappa shape index (κ1) is 24.0. The van der Waals surface area contributed by atoms with Gasteiger partial charge in [-0.15, -0.1) is 11.6 Å². The SMILES string of the molecule is CC(C)(c1ccc(OC[C@@H](O)CF)cc1)c1cc(Cl)c(OC[C@@H](O)CCl)c(Cl)c1. The molecule has 8 heteroatoms. The number of ether oxygens (including phenoxy) is 2. The zero-order valence-corrected chi connectivity index (χ0v) is 18.4. The number of rotatable bonds is 10. The molecule has 0 heterocycles. The standard InChI is InChI=1S/C21H24Cl3FO4/c1-21(2,13-3-5-17(6-4-13)28-12-16(27)10-25)14-7-18(23)20(19(24)8-14)29-11-15(26)9-22/h3-8,15-16,26-27H,9-12H2,1-2H3/t15-,16-/m0/s1. The van der Waals surface area contributed by atoms with Gasteiger partial charge in [0.1, 0.15) is 37.8 Å². The predicted octanol–water partition coefficient (Wildman–Crippen LogP) is 5.01. The Morgan fingerprint density at radius 2 is 1.48 bits per heavy atom. The van der Waals surface area contributed by atoms with Crippen molar-refractivity contribution in [1.29, 1.82) is 0 Å². The number of aliphatic hydroxyl groups is 2. The van der Waals surface area contributed by atoms with Crippen molar-refractivity contribution in [3.8, 4) is 11.5 Å². The van der Waals surface area contributed by atoms with Crippen LogP contribution in [0.25, 0.3) is 0 Å². The highest BCUT2D eigenvalue weighted by Gasteiger charge is 2.26. The third-order valence-electron chi connectivity index (χ3n) is 4.51. The molecule has 0 amide bonds. The van der Waals surface area contributed by atoms with Crippen molar-refractivity contribution in [1.82, 2.24) is 0 Å². The summed E-state index contributed by atoms with van der Waals surface area (Å²) in [5.41, 5.74) is 1.42. The van der Waals surface area contributed by atoms with Crippen molar-refractivity contribution >= 4 is 34.8 Å². The van der Waals surface area contributed by atoms with Crippen LogP contribution in [-0.2, 0) is 5.41 Å². The largest absolute Gasteiger partial charge is 0.491 e. The molecule has 0 aliphatic rings. The zero-order valence-electron chi connectivity index (χ0n) is 16.2. The monoisotopic (exact) mass is 464 g/mol. The Hall–Kier alpha value is -1.24. The zero-order chi connectivity index (χ0) is 21.6. The molecule has 0 spiro atoms. The lowest BCUT2D eigenvalue weighted by Gasteiger charge is -2.27. The van der Waals surface area contributed by atoms with Gasteiger partial charge in [-0.3, -0.25) is 0 Å². The van der Waals surface area contributed by atoms with Gasteiger partial charge in [-0.2, -0.15) is 0 Å². The van der Waals surface area contributed by atoms with Gasteiger partial charge >= 0.3 is 0 Å². The van der Waals surface area contributed by atoms with Gasteiger partial charge in [0.2, 0.25) is 0 Å². The molecule has 0 saturated carbocycles. The van der Waals surface area contributed by atoms with Gasteiger partial charge in [0.25, 0.3) is 0 Å². The van der Waals surface area contributed by atoms with Gasteiger partial charge in [-0.25, -0.2) is 4.39 Å². The van der Waals surface area contributed by atoms with Crippen molar-refractivity contribution in [2.24, 2.45) is 0 Å². The highest BCUT2D eigenvalue weighted by molar-refractivity contribution is 6.37. The lowest BCUT2D eigenvalue weighted by molar-refractivity contribution is 0.0842. The lowest BCUT2D eigenvalue weighted by atomic mass is 9.78. The van der Waals surface area contributed by atoms with E-state index in [1.807, 2.05) is 26.0 Å². The van der Waals surface area contributed by atoms with E-state index in [4.69, 9.17) is 44.3 Å². The molecule has 2 aromatic rings. The fourth-order valence-corrected chi connectivity index (χ4v) is 3.34. The molecular weight excluding hydrogens is 442 g/mol. The van der Waals surface area contributed by atoms with Crippen LogP contribution < -0.4 is 9.47 Å². The minimum absolute atomic E-state index is 0.00968. The number of halogens is 4. The van der Waals surface area contributed by atoms with Crippen LogP contribution in [-0.4, -0.2) is 48.2 Å². The van der Waals surface area contributed by atoms with Gasteiger partial charge in [0.15, 0.2) is 5.75 Å². The minimum atomic E-state index is -1.14. The van der Waals surface area contributed by atoms with Gasteiger partial charge in [-0.1, -0.05) is 49.2 Å². The Bertz CT molecular complexity index is 776. The third kappa shape index (κ3) is 6.37. The number of aliphatic hydroxyl groups excluding tert-OH is 2. The molecule has 0 aromatic heterocycles. The second-order valence-electron chi connectivity index (χ2n) is 7.16. The molecule has 2 rings (SSSR count). The molecule has 0 unspecified atom stereocenters. The summed E-state index contributed by atoms with van der Waals surface area (Å²) in [7, 11) is 0. The van der Waals surface area contributed by atoms with E-state index in [0.717, 1.165) is 11.1 Å². The van der Waals surface area contributed by atoms with Gasteiger partial charge in [-0.05, 0) is 35.4 Å². The molecule has 0 fully saturated rings. The van der Waals surface area contributed by atoms with Crippen molar-refractivity contribution in [3.05, 3.63) is 57.6 Å². The summed E-state index contributed by atoms with van der Waals surface area (Å²) in [6.07, 6.45) is -1.95. The molecule has 0 aliphatic heterocycles. The first-order valence-electron chi connectivity index (χ1n) is 9.02. The molecule has 4 nitrogen and oxygen atoms in total. The third-order valence-corrected chi connectivity index (χ3v) is 5.43. The lowest BCUT2D eigenvalue weighted by Crippen LogP contribution is -2.21. The summed E-state index contributed by atoms with van der Waals surface area (Å²) in [5.74, 6) is 0.884. The summed E-state index contributed by atoms with van der Waals surface area (Å²) in [6, 6.07) is 10.8. The van der Waals surface area contributed by atoms with E-state index in [1.54, 1.807) is 24.3 Å². The average molecular weight is 466 g/mol. The summed E-state index contributed by atoms with van der Waals surface area (Å²) < 4.78 is 23.2. The molecule has 2 aromatic carbocycles. The minimum Gasteiger partial charge on any atom is -0.491 e. The first-order valence-corrected chi connectivity index (χ1v) is 10.3. The molecule has 2 N–H and O–H groups in total. The van der Waals surface area contributed by atoms with Gasteiger partial charge in [0, 0.05) is 5.41 Å². The summed E-state index contributed by atoms with van der Waals surface area (Å²) in [4.78, 5) is 0. The maximum Gasteiger partial charge on any atom is 0.156 e. The smallest absolute Gasteiger partial charge is 0.156 e. The fourth-order valence-electron chi connectivity index (χ4n) is 2.65. The number of benzene rings is 2. The maximum atomic E-state index is 12.3. The van der Waals surface area contributed by atoms with Crippen molar-refractivity contribution in [2.75, 3.05) is 25.8 Å². The molecule has 0 radical (unpaired) electrons. The Morgan fingerprint density at radius 3 is 2.00 bits per heavy atom. The second-order valence-corrected chi connectivity index (χ2v) is 8.28. The van der Waals surface area contributed by atoms with E-state index >= 15 is 0 Å². The number of hydrogen-bond donors (Lipinski definition) is 2. The van der Waals surface area contributed by atoms with Crippen LogP contribution in [0.4, 0.5) is 4.39 Å². The van der Waals surface area contributed by atoms with E-state index in [9.17, 15) is 14.6 Å². The van der Waals surface area contributed by atoms with E-state index < -0.39 is 24.3 Å². The van der Waals surface area contributed by atoms with Gasteiger partial charge < -0.3 is 19.7 Å². The van der Waals surface area contributed by atoms with Crippen LogP contribution in [0.15, 0.2) is 36.4 Å². The van der Waals surface area contributed by atoms with E-state index in [0.29, 0.717) is 21.5 Å². The molecule has 160 valence electrons. The Balaban J connectivity index is 2.19. The highest BCUT2D eigenvalue weighted by atomic mass is 35.5. The van der Waals surface area contributed by atoms with Crippen LogP contribution in [0.1, 0.15) is 25.0 Å². The highest BCUT2D eigenvalue weighted by Crippen LogP contribution is 2.40. The maximum absolute atomic E-state index is 12.3. The van der Waals surface area contributed by atoms with Gasteiger partial charge in [0.05, 0.1) is 15.9 Å². The van der Waals surface area contributed by atoms with Crippen LogP contribution in [0.2, 0.25) is 10.0 Å². The van der Waals surface area contributed by atoms with Crippen molar-refractivity contribution in [3.63, 3.8) is 0 Å². The predicted molar refractivity (Wildman–Crippen MR) is 115 cm³/mol. The Labute approximate surface area is 185 Å². The quantitative estimate of drug-likeness (QED) is 0.484.